The van der Waals surface area contributed by atoms with Crippen LogP contribution >= 0.6 is 0 Å². The number of carbonyl (C=O) groups excluding carboxylic acids is 3. The van der Waals surface area contributed by atoms with Crippen molar-refractivity contribution in [2.75, 3.05) is 34.0 Å². The Morgan fingerprint density at radius 2 is 2.18 bits per heavy atom. The lowest BCUT2D eigenvalue weighted by molar-refractivity contribution is -0.138. The number of amides is 3. The summed E-state index contributed by atoms with van der Waals surface area (Å²) in [6, 6.07) is -0.758. The molecule has 1 saturated heterocycles. The van der Waals surface area contributed by atoms with E-state index < -0.39 is 11.9 Å². The fourth-order valence-electron chi connectivity index (χ4n) is 1.41. The van der Waals surface area contributed by atoms with E-state index in [1.54, 1.807) is 0 Å². The van der Waals surface area contributed by atoms with Crippen LogP contribution in [0.4, 0.5) is 0 Å². The van der Waals surface area contributed by atoms with Gasteiger partial charge in [0.05, 0.1) is 19.6 Å². The third-order valence-electron chi connectivity index (χ3n) is 2.38. The second-order valence-corrected chi connectivity index (χ2v) is 3.66. The molecule has 0 spiro atoms. The Balaban J connectivity index is 2.27. The number of likely N-dealkylation sites (N-methyl/N-ethyl adjacent to an activating group) is 1. The normalized spacial score (nSPS) is 19.9. The van der Waals surface area contributed by atoms with Crippen LogP contribution in [0.15, 0.2) is 0 Å². The molecule has 1 aliphatic heterocycles. The molecule has 96 valence electrons. The largest absolute Gasteiger partial charge is 0.382 e. The van der Waals surface area contributed by atoms with Crippen LogP contribution in [0.2, 0.25) is 0 Å². The summed E-state index contributed by atoms with van der Waals surface area (Å²) in [7, 11) is 2.92. The molecule has 1 heterocycles. The van der Waals surface area contributed by atoms with Crippen LogP contribution in [0.5, 0.6) is 0 Å². The fourth-order valence-corrected chi connectivity index (χ4v) is 1.41. The Kier molecular flexibility index (Phi) is 5.05. The number of ether oxygens (including phenoxy) is 2. The molecular formula is C10H16N2O5. The maximum Gasteiger partial charge on any atom is 0.252 e. The van der Waals surface area contributed by atoms with Gasteiger partial charge in [0.15, 0.2) is 0 Å². The zero-order chi connectivity index (χ0) is 12.8. The van der Waals surface area contributed by atoms with Gasteiger partial charge >= 0.3 is 0 Å². The van der Waals surface area contributed by atoms with Crippen LogP contribution in [0.25, 0.3) is 0 Å². The SMILES string of the molecule is COCCOCC(=O)NC1CC(=O)N(C)C1=O. The van der Waals surface area contributed by atoms with E-state index in [1.165, 1.54) is 14.2 Å². The third kappa shape index (κ3) is 3.79. The first kappa shape index (κ1) is 13.6. The quantitative estimate of drug-likeness (QED) is 0.455. The molecule has 1 rings (SSSR count). The highest BCUT2D eigenvalue weighted by Crippen LogP contribution is 2.10. The smallest absolute Gasteiger partial charge is 0.252 e. The maximum absolute atomic E-state index is 11.5. The molecule has 0 aliphatic carbocycles. The summed E-state index contributed by atoms with van der Waals surface area (Å²) in [5.41, 5.74) is 0. The summed E-state index contributed by atoms with van der Waals surface area (Å²) in [5.74, 6) is -1.09. The molecular weight excluding hydrogens is 228 g/mol. The summed E-state index contributed by atoms with van der Waals surface area (Å²) in [4.78, 5) is 35.0. The number of hydrogen-bond acceptors (Lipinski definition) is 5. The van der Waals surface area contributed by atoms with Gasteiger partial charge < -0.3 is 14.8 Å². The number of likely N-dealkylation sites (tertiary alicyclic amines) is 1. The average Bonchev–Trinajstić information content (AvgIpc) is 2.53. The molecule has 1 unspecified atom stereocenters. The van der Waals surface area contributed by atoms with Gasteiger partial charge in [-0.05, 0) is 0 Å². The van der Waals surface area contributed by atoms with Gasteiger partial charge in [0, 0.05) is 14.2 Å². The van der Waals surface area contributed by atoms with Crippen molar-refractivity contribution in [1.29, 1.82) is 0 Å². The molecule has 7 heteroatoms. The lowest BCUT2D eigenvalue weighted by atomic mass is 10.2. The van der Waals surface area contributed by atoms with E-state index in [1.807, 2.05) is 0 Å². The van der Waals surface area contributed by atoms with Crippen molar-refractivity contribution >= 4 is 17.7 Å². The summed E-state index contributed by atoms with van der Waals surface area (Å²) >= 11 is 0. The lowest BCUT2D eigenvalue weighted by Crippen LogP contribution is -2.42. The Bertz CT molecular complexity index is 318. The molecule has 0 saturated carbocycles. The van der Waals surface area contributed by atoms with Crippen LogP contribution in [0.3, 0.4) is 0 Å². The molecule has 17 heavy (non-hydrogen) atoms. The van der Waals surface area contributed by atoms with Crippen molar-refractivity contribution in [3.8, 4) is 0 Å². The number of imide groups is 1. The molecule has 0 aromatic heterocycles. The summed E-state index contributed by atoms with van der Waals surface area (Å²) < 4.78 is 9.73. The minimum absolute atomic E-state index is 0.0130. The van der Waals surface area contributed by atoms with Gasteiger partial charge in [-0.25, -0.2) is 0 Å². The maximum atomic E-state index is 11.5. The summed E-state index contributed by atoms with van der Waals surface area (Å²) in [6.07, 6.45) is 0.0130. The predicted octanol–water partition coefficient (Wildman–Crippen LogP) is -1.48. The van der Waals surface area contributed by atoms with Crippen LogP contribution in [-0.2, 0) is 23.9 Å². The molecule has 1 atom stereocenters. The standard InChI is InChI=1S/C10H16N2O5/c1-12-9(14)5-7(10(12)15)11-8(13)6-17-4-3-16-2/h7H,3-6H2,1-2H3,(H,11,13). The Morgan fingerprint density at radius 3 is 2.71 bits per heavy atom. The number of nitrogens with zero attached hydrogens (tertiary/aromatic N) is 1. The average molecular weight is 244 g/mol. The highest BCUT2D eigenvalue weighted by molar-refractivity contribution is 6.06. The molecule has 3 amide bonds. The summed E-state index contributed by atoms with van der Waals surface area (Å²) in [6.45, 7) is 0.559. The molecule has 1 fully saturated rings. The molecule has 7 nitrogen and oxygen atoms in total. The Labute approximate surface area is 99.0 Å². The lowest BCUT2D eigenvalue weighted by Gasteiger charge is -2.11. The highest BCUT2D eigenvalue weighted by Gasteiger charge is 2.36. The number of rotatable bonds is 6. The first-order valence-corrected chi connectivity index (χ1v) is 5.22. The van der Waals surface area contributed by atoms with Gasteiger partial charge in [0.25, 0.3) is 5.91 Å². The molecule has 0 bridgehead atoms. The van der Waals surface area contributed by atoms with Crippen LogP contribution in [0.1, 0.15) is 6.42 Å². The van der Waals surface area contributed by atoms with E-state index in [4.69, 9.17) is 9.47 Å². The number of carbonyl (C=O) groups is 3. The van der Waals surface area contributed by atoms with E-state index in [2.05, 4.69) is 5.32 Å². The van der Waals surface area contributed by atoms with Crippen LogP contribution in [-0.4, -0.2) is 62.6 Å². The van der Waals surface area contributed by atoms with Gasteiger partial charge in [0.2, 0.25) is 11.8 Å². The molecule has 0 aromatic rings. The summed E-state index contributed by atoms with van der Waals surface area (Å²) in [5, 5.41) is 2.45. The van der Waals surface area contributed by atoms with Crippen molar-refractivity contribution in [3.05, 3.63) is 0 Å². The van der Waals surface area contributed by atoms with Gasteiger partial charge in [-0.15, -0.1) is 0 Å². The monoisotopic (exact) mass is 244 g/mol. The van der Waals surface area contributed by atoms with E-state index in [9.17, 15) is 14.4 Å². The fraction of sp³-hybridized carbons (Fsp3) is 0.700. The number of hydrogen-bond donors (Lipinski definition) is 1. The number of methoxy groups -OCH3 is 1. The first-order valence-electron chi connectivity index (χ1n) is 5.22. The van der Waals surface area contributed by atoms with Gasteiger partial charge in [0.1, 0.15) is 12.6 Å². The van der Waals surface area contributed by atoms with Crippen LogP contribution < -0.4 is 5.32 Å². The zero-order valence-electron chi connectivity index (χ0n) is 9.89. The first-order chi connectivity index (χ1) is 8.06. The minimum atomic E-state index is -0.758. The topological polar surface area (TPSA) is 84.9 Å². The minimum Gasteiger partial charge on any atom is -0.382 e. The number of nitrogens with one attached hydrogen (secondary N) is 1. The van der Waals surface area contributed by atoms with Crippen molar-refractivity contribution in [2.45, 2.75) is 12.5 Å². The van der Waals surface area contributed by atoms with Crippen LogP contribution in [0, 0.1) is 0 Å². The van der Waals surface area contributed by atoms with Gasteiger partial charge in [-0.1, -0.05) is 0 Å². The highest BCUT2D eigenvalue weighted by atomic mass is 16.5. The molecule has 1 N–H and O–H groups in total. The van der Waals surface area contributed by atoms with E-state index in [0.29, 0.717) is 13.2 Å². The Morgan fingerprint density at radius 1 is 1.47 bits per heavy atom. The van der Waals surface area contributed by atoms with Crippen molar-refractivity contribution in [3.63, 3.8) is 0 Å². The van der Waals surface area contributed by atoms with E-state index in [0.717, 1.165) is 4.90 Å². The Hall–Kier alpha value is -1.47. The van der Waals surface area contributed by atoms with Crippen molar-refractivity contribution in [1.82, 2.24) is 10.2 Å². The second-order valence-electron chi connectivity index (χ2n) is 3.66. The van der Waals surface area contributed by atoms with E-state index in [-0.39, 0.29) is 24.8 Å². The van der Waals surface area contributed by atoms with Crippen molar-refractivity contribution < 1.29 is 23.9 Å². The molecule has 1 aliphatic rings. The van der Waals surface area contributed by atoms with E-state index >= 15 is 0 Å². The predicted molar refractivity (Wildman–Crippen MR) is 57.0 cm³/mol. The zero-order valence-corrected chi connectivity index (χ0v) is 9.89. The second kappa shape index (κ2) is 6.31. The molecule has 0 aromatic carbocycles. The van der Waals surface area contributed by atoms with Crippen molar-refractivity contribution in [2.24, 2.45) is 0 Å². The third-order valence-corrected chi connectivity index (χ3v) is 2.38. The van der Waals surface area contributed by atoms with Gasteiger partial charge in [-0.2, -0.15) is 0 Å². The van der Waals surface area contributed by atoms with Gasteiger partial charge in [-0.3, -0.25) is 19.3 Å². The molecule has 0 radical (unpaired) electrons.